The van der Waals surface area contributed by atoms with Crippen LogP contribution in [-0.2, 0) is 29.6 Å². The standard InChI is InChI=1S/C15H18N4O2S/c1-9-13(22-10(2)17-9)8-19-14(20)5-12(15(19)21)4-11-6-16-18(3)7-11/h6-7,12H,4-5,8H2,1-3H3/t12-/m1/s1. The van der Waals surface area contributed by atoms with Crippen LogP contribution in [0.1, 0.15) is 27.6 Å². The molecule has 2 aromatic heterocycles. The molecule has 1 saturated heterocycles. The lowest BCUT2D eigenvalue weighted by molar-refractivity contribution is -0.140. The van der Waals surface area contributed by atoms with Crippen molar-refractivity contribution < 1.29 is 9.59 Å². The molecule has 0 spiro atoms. The van der Waals surface area contributed by atoms with Crippen molar-refractivity contribution >= 4 is 23.2 Å². The van der Waals surface area contributed by atoms with Crippen molar-refractivity contribution in [2.75, 3.05) is 0 Å². The molecule has 1 aliphatic rings. The maximum Gasteiger partial charge on any atom is 0.233 e. The van der Waals surface area contributed by atoms with Crippen molar-refractivity contribution in [1.29, 1.82) is 0 Å². The van der Waals surface area contributed by atoms with Crippen LogP contribution in [0.2, 0.25) is 0 Å². The highest BCUT2D eigenvalue weighted by Gasteiger charge is 2.38. The number of rotatable bonds is 4. The molecule has 7 heteroatoms. The molecule has 0 N–H and O–H groups in total. The molecule has 1 aliphatic heterocycles. The van der Waals surface area contributed by atoms with Gasteiger partial charge in [0.15, 0.2) is 0 Å². The molecule has 0 aliphatic carbocycles. The van der Waals surface area contributed by atoms with Gasteiger partial charge < -0.3 is 0 Å². The number of hydrogen-bond acceptors (Lipinski definition) is 5. The van der Waals surface area contributed by atoms with E-state index >= 15 is 0 Å². The smallest absolute Gasteiger partial charge is 0.233 e. The number of carbonyl (C=O) groups is 2. The zero-order valence-corrected chi connectivity index (χ0v) is 13.7. The molecule has 6 nitrogen and oxygen atoms in total. The van der Waals surface area contributed by atoms with Gasteiger partial charge in [-0.3, -0.25) is 19.2 Å². The van der Waals surface area contributed by atoms with E-state index in [0.29, 0.717) is 13.0 Å². The van der Waals surface area contributed by atoms with Crippen LogP contribution in [-0.4, -0.2) is 31.5 Å². The van der Waals surface area contributed by atoms with E-state index in [1.165, 1.54) is 4.90 Å². The molecule has 2 aromatic rings. The number of likely N-dealkylation sites (tertiary alicyclic amines) is 1. The number of aryl methyl sites for hydroxylation is 3. The Bertz CT molecular complexity index is 734. The molecule has 0 saturated carbocycles. The van der Waals surface area contributed by atoms with Gasteiger partial charge in [0.05, 0.1) is 29.4 Å². The topological polar surface area (TPSA) is 68.1 Å². The molecule has 1 atom stereocenters. The molecule has 1 fully saturated rings. The number of nitrogens with zero attached hydrogens (tertiary/aromatic N) is 4. The van der Waals surface area contributed by atoms with Crippen molar-refractivity contribution in [1.82, 2.24) is 19.7 Å². The first-order chi connectivity index (χ1) is 10.4. The van der Waals surface area contributed by atoms with E-state index in [9.17, 15) is 9.59 Å². The molecule has 0 bridgehead atoms. The van der Waals surface area contributed by atoms with Gasteiger partial charge in [-0.15, -0.1) is 11.3 Å². The van der Waals surface area contributed by atoms with Crippen molar-refractivity contribution in [3.05, 3.63) is 33.5 Å². The Hall–Kier alpha value is -2.02. The van der Waals surface area contributed by atoms with Crippen molar-refractivity contribution in [2.24, 2.45) is 13.0 Å². The maximum atomic E-state index is 12.5. The summed E-state index contributed by atoms with van der Waals surface area (Å²) in [5, 5.41) is 5.06. The Morgan fingerprint density at radius 1 is 1.36 bits per heavy atom. The van der Waals surface area contributed by atoms with E-state index in [1.807, 2.05) is 27.1 Å². The summed E-state index contributed by atoms with van der Waals surface area (Å²) in [5.41, 5.74) is 1.89. The van der Waals surface area contributed by atoms with E-state index in [1.54, 1.807) is 22.2 Å². The van der Waals surface area contributed by atoms with Crippen LogP contribution in [0.3, 0.4) is 0 Å². The third-order valence-corrected chi connectivity index (χ3v) is 4.94. The summed E-state index contributed by atoms with van der Waals surface area (Å²) in [7, 11) is 1.84. The van der Waals surface area contributed by atoms with Gasteiger partial charge in [-0.2, -0.15) is 5.10 Å². The van der Waals surface area contributed by atoms with Crippen LogP contribution in [0.4, 0.5) is 0 Å². The summed E-state index contributed by atoms with van der Waals surface area (Å²) in [6.45, 7) is 4.19. The summed E-state index contributed by atoms with van der Waals surface area (Å²) in [6.07, 6.45) is 4.48. The van der Waals surface area contributed by atoms with Gasteiger partial charge in [-0.1, -0.05) is 0 Å². The second kappa shape index (κ2) is 5.64. The lowest BCUT2D eigenvalue weighted by Crippen LogP contribution is -2.30. The van der Waals surface area contributed by atoms with E-state index in [2.05, 4.69) is 10.1 Å². The molecule has 22 heavy (non-hydrogen) atoms. The van der Waals surface area contributed by atoms with E-state index < -0.39 is 0 Å². The van der Waals surface area contributed by atoms with Crippen molar-refractivity contribution in [3.8, 4) is 0 Å². The normalized spacial score (nSPS) is 18.5. The fourth-order valence-electron chi connectivity index (χ4n) is 2.80. The largest absolute Gasteiger partial charge is 0.277 e. The lowest BCUT2D eigenvalue weighted by atomic mass is 10.0. The summed E-state index contributed by atoms with van der Waals surface area (Å²) in [4.78, 5) is 31.4. The van der Waals surface area contributed by atoms with Gasteiger partial charge in [0.25, 0.3) is 0 Å². The third kappa shape index (κ3) is 2.81. The van der Waals surface area contributed by atoms with Gasteiger partial charge in [0, 0.05) is 24.5 Å². The Kier molecular flexibility index (Phi) is 3.82. The third-order valence-electron chi connectivity index (χ3n) is 3.88. The SMILES string of the molecule is Cc1nc(C)c(CN2C(=O)C[C@@H](Cc3cnn(C)c3)C2=O)s1. The van der Waals surface area contributed by atoms with Crippen LogP contribution >= 0.6 is 11.3 Å². The minimum atomic E-state index is -0.272. The number of amides is 2. The number of imide groups is 1. The zero-order valence-electron chi connectivity index (χ0n) is 12.9. The van der Waals surface area contributed by atoms with Crippen LogP contribution < -0.4 is 0 Å². The molecule has 3 rings (SSSR count). The predicted octanol–water partition coefficient (Wildman–Crippen LogP) is 1.61. The Labute approximate surface area is 132 Å². The Balaban J connectivity index is 1.72. The first-order valence-corrected chi connectivity index (χ1v) is 8.00. The molecule has 2 amide bonds. The van der Waals surface area contributed by atoms with Crippen LogP contribution in [0.15, 0.2) is 12.4 Å². The van der Waals surface area contributed by atoms with Gasteiger partial charge in [-0.05, 0) is 25.8 Å². The lowest BCUT2D eigenvalue weighted by Gasteiger charge is -2.14. The Morgan fingerprint density at radius 3 is 2.73 bits per heavy atom. The summed E-state index contributed by atoms with van der Waals surface area (Å²) in [6, 6.07) is 0. The fourth-order valence-corrected chi connectivity index (χ4v) is 3.73. The van der Waals surface area contributed by atoms with Gasteiger partial charge in [-0.25, -0.2) is 4.98 Å². The molecule has 0 aromatic carbocycles. The number of thiazole rings is 1. The highest BCUT2D eigenvalue weighted by Crippen LogP contribution is 2.27. The van der Waals surface area contributed by atoms with Gasteiger partial charge in [0.2, 0.25) is 11.8 Å². The fraction of sp³-hybridized carbons (Fsp3) is 0.467. The average Bonchev–Trinajstić information content (AvgIpc) is 3.06. The molecular formula is C15H18N4O2S. The average molecular weight is 318 g/mol. The van der Waals surface area contributed by atoms with Gasteiger partial charge >= 0.3 is 0 Å². The monoisotopic (exact) mass is 318 g/mol. The molecule has 116 valence electrons. The van der Waals surface area contributed by atoms with E-state index in [-0.39, 0.29) is 24.2 Å². The molecule has 0 unspecified atom stereocenters. The molecule has 3 heterocycles. The predicted molar refractivity (Wildman–Crippen MR) is 82.2 cm³/mol. The number of carbonyl (C=O) groups excluding carboxylic acids is 2. The molecule has 0 radical (unpaired) electrons. The quantitative estimate of drug-likeness (QED) is 0.803. The van der Waals surface area contributed by atoms with E-state index in [4.69, 9.17) is 0 Å². The summed E-state index contributed by atoms with van der Waals surface area (Å²) < 4.78 is 1.71. The maximum absolute atomic E-state index is 12.5. The first kappa shape index (κ1) is 14.9. The van der Waals surface area contributed by atoms with Crippen LogP contribution in [0.25, 0.3) is 0 Å². The zero-order chi connectivity index (χ0) is 15.9. The molecular weight excluding hydrogens is 300 g/mol. The minimum absolute atomic E-state index is 0.0840. The Morgan fingerprint density at radius 2 is 2.14 bits per heavy atom. The van der Waals surface area contributed by atoms with Crippen LogP contribution in [0.5, 0.6) is 0 Å². The summed E-state index contributed by atoms with van der Waals surface area (Å²) in [5.74, 6) is -0.449. The van der Waals surface area contributed by atoms with Crippen molar-refractivity contribution in [3.63, 3.8) is 0 Å². The minimum Gasteiger partial charge on any atom is -0.277 e. The second-order valence-corrected chi connectivity index (χ2v) is 6.97. The van der Waals surface area contributed by atoms with E-state index in [0.717, 1.165) is 21.1 Å². The number of hydrogen-bond donors (Lipinski definition) is 0. The summed E-state index contributed by atoms with van der Waals surface area (Å²) >= 11 is 1.54. The van der Waals surface area contributed by atoms with Gasteiger partial charge in [0.1, 0.15) is 0 Å². The first-order valence-electron chi connectivity index (χ1n) is 7.18. The van der Waals surface area contributed by atoms with Crippen LogP contribution in [0, 0.1) is 19.8 Å². The van der Waals surface area contributed by atoms with Crippen molar-refractivity contribution in [2.45, 2.75) is 33.2 Å². The highest BCUT2D eigenvalue weighted by molar-refractivity contribution is 7.11. The number of aromatic nitrogens is 3. The highest BCUT2D eigenvalue weighted by atomic mass is 32.1. The second-order valence-electron chi connectivity index (χ2n) is 5.69.